The zero-order valence-electron chi connectivity index (χ0n) is 12.9. The first-order chi connectivity index (χ1) is 11.7. The molecule has 0 N–H and O–H groups in total. The molecule has 0 unspecified atom stereocenters. The summed E-state index contributed by atoms with van der Waals surface area (Å²) in [4.78, 5) is 10.9. The molecule has 4 heteroatoms. The van der Waals surface area contributed by atoms with Crippen molar-refractivity contribution in [3.05, 3.63) is 83.9 Å². The Bertz CT molecular complexity index is 827. The first-order valence-corrected chi connectivity index (χ1v) is 8.36. The lowest BCUT2D eigenvalue weighted by atomic mass is 10.2. The van der Waals surface area contributed by atoms with E-state index in [4.69, 9.17) is 0 Å². The second kappa shape index (κ2) is 7.99. The number of rotatable bonds is 4. The standard InChI is InChI=1S/C20H16N2S2/c23-19-11-5-1-7-15(19)13-21-17-9-3-4-10-18(17)22-14-16-8-2-6-12-20(16)24/h1-14,23-24H. The van der Waals surface area contributed by atoms with E-state index in [1.165, 1.54) is 0 Å². The van der Waals surface area contributed by atoms with Gasteiger partial charge in [-0.05, 0) is 24.3 Å². The van der Waals surface area contributed by atoms with Gasteiger partial charge in [0.1, 0.15) is 0 Å². The van der Waals surface area contributed by atoms with E-state index in [1.807, 2.05) is 85.2 Å². The summed E-state index contributed by atoms with van der Waals surface area (Å²) < 4.78 is 0. The molecule has 24 heavy (non-hydrogen) atoms. The van der Waals surface area contributed by atoms with Crippen molar-refractivity contribution < 1.29 is 0 Å². The predicted octanol–water partition coefficient (Wildman–Crippen LogP) is 5.77. The minimum Gasteiger partial charge on any atom is -0.254 e. The third-order valence-corrected chi connectivity index (χ3v) is 4.26. The summed E-state index contributed by atoms with van der Waals surface area (Å²) in [5.41, 5.74) is 3.56. The van der Waals surface area contributed by atoms with Crippen LogP contribution in [0.5, 0.6) is 0 Å². The molecule has 0 heterocycles. The summed E-state index contributed by atoms with van der Waals surface area (Å²) in [5.74, 6) is 0. The summed E-state index contributed by atoms with van der Waals surface area (Å²) in [5, 5.41) is 0. The van der Waals surface area contributed by atoms with Gasteiger partial charge in [0.2, 0.25) is 0 Å². The molecule has 0 fully saturated rings. The van der Waals surface area contributed by atoms with Gasteiger partial charge >= 0.3 is 0 Å². The molecule has 0 saturated carbocycles. The van der Waals surface area contributed by atoms with Gasteiger partial charge in [-0.15, -0.1) is 25.3 Å². The molecule has 0 bridgehead atoms. The minimum absolute atomic E-state index is 0.807. The fourth-order valence-corrected chi connectivity index (χ4v) is 2.59. The van der Waals surface area contributed by atoms with Crippen LogP contribution in [0.25, 0.3) is 0 Å². The van der Waals surface area contributed by atoms with Crippen LogP contribution in [-0.4, -0.2) is 12.4 Å². The molecule has 0 aliphatic carbocycles. The minimum atomic E-state index is 0.807. The van der Waals surface area contributed by atoms with Crippen molar-refractivity contribution in [2.24, 2.45) is 9.98 Å². The SMILES string of the molecule is Sc1ccccc1C=Nc1ccccc1N=Cc1ccccc1S. The Morgan fingerprint density at radius 3 is 1.33 bits per heavy atom. The van der Waals surface area contributed by atoms with Crippen molar-refractivity contribution in [3.8, 4) is 0 Å². The topological polar surface area (TPSA) is 24.7 Å². The summed E-state index contributed by atoms with van der Waals surface area (Å²) in [6.45, 7) is 0. The van der Waals surface area contributed by atoms with Crippen LogP contribution in [0, 0.1) is 0 Å². The molecule has 0 radical (unpaired) electrons. The zero-order chi connectivity index (χ0) is 16.8. The molecular formula is C20H16N2S2. The second-order valence-electron chi connectivity index (χ2n) is 5.12. The molecule has 3 aromatic carbocycles. The normalized spacial score (nSPS) is 11.4. The number of thiol groups is 2. The second-order valence-corrected chi connectivity index (χ2v) is 6.09. The van der Waals surface area contributed by atoms with Crippen molar-refractivity contribution >= 4 is 49.1 Å². The van der Waals surface area contributed by atoms with Gasteiger partial charge in [-0.2, -0.15) is 0 Å². The summed E-state index contributed by atoms with van der Waals surface area (Å²) in [6, 6.07) is 23.5. The Hall–Kier alpha value is -2.30. The molecule has 0 aliphatic heterocycles. The van der Waals surface area contributed by atoms with Gasteiger partial charge < -0.3 is 0 Å². The smallest absolute Gasteiger partial charge is 0.0886 e. The summed E-state index contributed by atoms with van der Waals surface area (Å²) >= 11 is 8.88. The first kappa shape index (κ1) is 16.6. The maximum Gasteiger partial charge on any atom is 0.0886 e. The van der Waals surface area contributed by atoms with Crippen molar-refractivity contribution in [2.45, 2.75) is 9.79 Å². The van der Waals surface area contributed by atoms with Crippen molar-refractivity contribution in [2.75, 3.05) is 0 Å². The monoisotopic (exact) mass is 348 g/mol. The van der Waals surface area contributed by atoms with Crippen LogP contribution in [0.4, 0.5) is 11.4 Å². The van der Waals surface area contributed by atoms with Crippen LogP contribution in [0.2, 0.25) is 0 Å². The number of para-hydroxylation sites is 2. The first-order valence-electron chi connectivity index (χ1n) is 7.47. The molecule has 0 atom stereocenters. The van der Waals surface area contributed by atoms with Crippen LogP contribution in [0.3, 0.4) is 0 Å². The Balaban J connectivity index is 1.89. The van der Waals surface area contributed by atoms with Crippen molar-refractivity contribution in [3.63, 3.8) is 0 Å². The van der Waals surface area contributed by atoms with Crippen LogP contribution in [-0.2, 0) is 0 Å². The van der Waals surface area contributed by atoms with E-state index in [2.05, 4.69) is 35.2 Å². The highest BCUT2D eigenvalue weighted by Gasteiger charge is 1.99. The molecule has 0 aromatic heterocycles. The van der Waals surface area contributed by atoms with Crippen molar-refractivity contribution in [1.29, 1.82) is 0 Å². The fourth-order valence-electron chi connectivity index (χ4n) is 2.15. The van der Waals surface area contributed by atoms with E-state index in [9.17, 15) is 0 Å². The zero-order valence-corrected chi connectivity index (χ0v) is 14.7. The van der Waals surface area contributed by atoms with Gasteiger partial charge in [0.25, 0.3) is 0 Å². The summed E-state index contributed by atoms with van der Waals surface area (Å²) in [7, 11) is 0. The molecule has 118 valence electrons. The van der Waals surface area contributed by atoms with E-state index in [0.717, 1.165) is 32.3 Å². The molecule has 3 aromatic rings. The summed E-state index contributed by atoms with van der Waals surface area (Å²) in [6.07, 6.45) is 3.62. The van der Waals surface area contributed by atoms with E-state index < -0.39 is 0 Å². The van der Waals surface area contributed by atoms with E-state index in [1.54, 1.807) is 0 Å². The molecule has 2 nitrogen and oxygen atoms in total. The number of benzene rings is 3. The van der Waals surface area contributed by atoms with Crippen LogP contribution in [0.15, 0.2) is 92.6 Å². The third-order valence-electron chi connectivity index (χ3n) is 3.44. The highest BCUT2D eigenvalue weighted by molar-refractivity contribution is 7.80. The molecule has 0 saturated heterocycles. The third kappa shape index (κ3) is 4.16. The van der Waals surface area contributed by atoms with E-state index in [-0.39, 0.29) is 0 Å². The lowest BCUT2D eigenvalue weighted by molar-refractivity contribution is 1.40. The van der Waals surface area contributed by atoms with Crippen LogP contribution < -0.4 is 0 Å². The molecule has 3 rings (SSSR count). The van der Waals surface area contributed by atoms with Gasteiger partial charge in [-0.1, -0.05) is 48.5 Å². The van der Waals surface area contributed by atoms with Gasteiger partial charge in [0.15, 0.2) is 0 Å². The highest BCUT2D eigenvalue weighted by Crippen LogP contribution is 2.27. The number of aliphatic imine (C=N–C) groups is 2. The number of hydrogen-bond acceptors (Lipinski definition) is 4. The average Bonchev–Trinajstić information content (AvgIpc) is 2.61. The number of hydrogen-bond donors (Lipinski definition) is 2. The lowest BCUT2D eigenvalue weighted by Gasteiger charge is -2.02. The quantitative estimate of drug-likeness (QED) is 0.442. The molecule has 0 spiro atoms. The van der Waals surface area contributed by atoms with E-state index >= 15 is 0 Å². The largest absolute Gasteiger partial charge is 0.254 e. The predicted molar refractivity (Wildman–Crippen MR) is 108 cm³/mol. The Morgan fingerprint density at radius 1 is 0.542 bits per heavy atom. The Kier molecular flexibility index (Phi) is 5.51. The highest BCUT2D eigenvalue weighted by atomic mass is 32.1. The van der Waals surface area contributed by atoms with Crippen molar-refractivity contribution in [1.82, 2.24) is 0 Å². The van der Waals surface area contributed by atoms with Gasteiger partial charge in [-0.3, -0.25) is 9.98 Å². The molecule has 0 amide bonds. The number of nitrogens with zero attached hydrogens (tertiary/aromatic N) is 2. The molecule has 0 aliphatic rings. The van der Waals surface area contributed by atoms with Gasteiger partial charge in [-0.25, -0.2) is 0 Å². The Morgan fingerprint density at radius 2 is 0.917 bits per heavy atom. The van der Waals surface area contributed by atoms with Gasteiger partial charge in [0.05, 0.1) is 11.4 Å². The van der Waals surface area contributed by atoms with E-state index in [0.29, 0.717) is 0 Å². The maximum absolute atomic E-state index is 4.57. The molecular weight excluding hydrogens is 332 g/mol. The van der Waals surface area contributed by atoms with Crippen LogP contribution in [0.1, 0.15) is 11.1 Å². The van der Waals surface area contributed by atoms with Crippen LogP contribution >= 0.6 is 25.3 Å². The maximum atomic E-state index is 4.57. The lowest BCUT2D eigenvalue weighted by Crippen LogP contribution is -1.83. The van der Waals surface area contributed by atoms with Gasteiger partial charge in [0, 0.05) is 33.3 Å². The average molecular weight is 348 g/mol. The fraction of sp³-hybridized carbons (Fsp3) is 0. The Labute approximate surface area is 152 Å².